The molecule has 0 saturated heterocycles. The van der Waals surface area contributed by atoms with E-state index in [9.17, 15) is 0 Å². The molecule has 4 saturated carbocycles. The van der Waals surface area contributed by atoms with Crippen LogP contribution in [0.1, 0.15) is 74.1 Å². The predicted molar refractivity (Wildman–Crippen MR) is 92.4 cm³/mol. The van der Waals surface area contributed by atoms with Crippen molar-refractivity contribution < 1.29 is 0 Å². The fourth-order valence-electron chi connectivity index (χ4n) is 9.29. The van der Waals surface area contributed by atoms with E-state index in [-0.39, 0.29) is 0 Å². The number of rotatable bonds is 4. The zero-order valence-corrected chi connectivity index (χ0v) is 15.7. The molecule has 122 valence electrons. The van der Waals surface area contributed by atoms with E-state index in [2.05, 4.69) is 54.5 Å². The topological polar surface area (TPSA) is 0 Å². The summed E-state index contributed by atoms with van der Waals surface area (Å²) in [5, 5.41) is 0. The second-order valence-corrected chi connectivity index (χ2v) is 10.8. The van der Waals surface area contributed by atoms with Gasteiger partial charge in [0.05, 0.1) is 0 Å². The Morgan fingerprint density at radius 2 is 1.86 bits per heavy atom. The van der Waals surface area contributed by atoms with Crippen molar-refractivity contribution in [3.63, 3.8) is 0 Å². The van der Waals surface area contributed by atoms with Crippen LogP contribution >= 0.6 is 0 Å². The normalized spacial score (nSPS) is 61.3. The molecule has 7 unspecified atom stereocenters. The summed E-state index contributed by atoms with van der Waals surface area (Å²) in [4.78, 5) is 0. The first kappa shape index (κ1) is 14.1. The van der Waals surface area contributed by atoms with Gasteiger partial charge >= 0.3 is 0 Å². The first-order valence-corrected chi connectivity index (χ1v) is 9.88. The molecular formula is C22H34. The van der Waals surface area contributed by atoms with E-state index in [1.165, 1.54) is 19.3 Å². The van der Waals surface area contributed by atoms with Crippen LogP contribution in [0, 0.1) is 50.7 Å². The molecule has 0 bridgehead atoms. The highest BCUT2D eigenvalue weighted by Gasteiger charge is 3.12. The highest BCUT2D eigenvalue weighted by atomic mass is 15.2. The molecule has 0 aromatic heterocycles. The van der Waals surface area contributed by atoms with Crippen molar-refractivity contribution in [2.24, 2.45) is 50.7 Å². The molecule has 22 heavy (non-hydrogen) atoms. The molecule has 0 heterocycles. The first-order valence-electron chi connectivity index (χ1n) is 9.88. The SMILES string of the molecule is CCC1(CCC(C)C)CC2C34C=C(C)C(C)(C)C3C3C1(C)C234. The maximum absolute atomic E-state index is 2.78. The van der Waals surface area contributed by atoms with Crippen molar-refractivity contribution in [3.05, 3.63) is 11.6 Å². The summed E-state index contributed by atoms with van der Waals surface area (Å²) in [5.74, 6) is 3.98. The van der Waals surface area contributed by atoms with E-state index in [4.69, 9.17) is 0 Å². The Hall–Kier alpha value is -0.260. The highest BCUT2D eigenvalue weighted by molar-refractivity contribution is 5.64. The third-order valence-electron chi connectivity index (χ3n) is 10.3. The Morgan fingerprint density at radius 1 is 1.18 bits per heavy atom. The van der Waals surface area contributed by atoms with Gasteiger partial charge in [-0.2, -0.15) is 0 Å². The molecule has 4 fully saturated rings. The van der Waals surface area contributed by atoms with Gasteiger partial charge in [-0.3, -0.25) is 0 Å². The molecule has 5 aliphatic carbocycles. The van der Waals surface area contributed by atoms with Crippen molar-refractivity contribution in [2.45, 2.75) is 74.1 Å². The Morgan fingerprint density at radius 3 is 2.41 bits per heavy atom. The average Bonchev–Trinajstić information content (AvgIpc) is 3.01. The lowest BCUT2D eigenvalue weighted by Crippen LogP contribution is -2.35. The van der Waals surface area contributed by atoms with Crippen molar-refractivity contribution in [2.75, 3.05) is 0 Å². The van der Waals surface area contributed by atoms with Crippen molar-refractivity contribution >= 4 is 0 Å². The monoisotopic (exact) mass is 298 g/mol. The minimum absolute atomic E-state index is 0.475. The molecule has 0 nitrogen and oxygen atoms in total. The van der Waals surface area contributed by atoms with Gasteiger partial charge in [0, 0.05) is 5.41 Å². The van der Waals surface area contributed by atoms with Crippen LogP contribution in [0.3, 0.4) is 0 Å². The van der Waals surface area contributed by atoms with E-state index < -0.39 is 0 Å². The molecule has 0 amide bonds. The summed E-state index contributed by atoms with van der Waals surface area (Å²) in [6.45, 7) is 17.6. The van der Waals surface area contributed by atoms with E-state index in [1.807, 2.05) is 0 Å². The molecule has 5 aliphatic rings. The summed E-state index contributed by atoms with van der Waals surface area (Å²) >= 11 is 0. The van der Waals surface area contributed by atoms with Gasteiger partial charge < -0.3 is 0 Å². The molecule has 0 aromatic carbocycles. The third kappa shape index (κ3) is 0.901. The largest absolute Gasteiger partial charge is 0.0776 e. The number of hydrogen-bond acceptors (Lipinski definition) is 0. The third-order valence-corrected chi connectivity index (χ3v) is 10.3. The lowest BCUT2D eigenvalue weighted by molar-refractivity contribution is 0.0994. The van der Waals surface area contributed by atoms with Crippen LogP contribution in [0.2, 0.25) is 0 Å². The zero-order valence-electron chi connectivity index (χ0n) is 15.7. The van der Waals surface area contributed by atoms with Gasteiger partial charge in [0.2, 0.25) is 0 Å². The fraction of sp³-hybridized carbons (Fsp3) is 0.909. The quantitative estimate of drug-likeness (QED) is 0.552. The van der Waals surface area contributed by atoms with Gasteiger partial charge in [-0.05, 0) is 71.5 Å². The maximum atomic E-state index is 2.78. The first-order chi connectivity index (χ1) is 10.2. The average molecular weight is 299 g/mol. The predicted octanol–water partition coefficient (Wildman–Crippen LogP) is 6.08. The second-order valence-electron chi connectivity index (χ2n) is 10.8. The van der Waals surface area contributed by atoms with Crippen LogP contribution in [0.25, 0.3) is 0 Å². The summed E-state index contributed by atoms with van der Waals surface area (Å²) in [7, 11) is 0. The Balaban J connectivity index is 1.55. The lowest BCUT2D eigenvalue weighted by atomic mass is 9.64. The second kappa shape index (κ2) is 3.27. The highest BCUT2D eigenvalue weighted by Crippen LogP contribution is 3.16. The summed E-state index contributed by atoms with van der Waals surface area (Å²) in [6, 6.07) is 0. The molecule has 0 aromatic rings. The lowest BCUT2D eigenvalue weighted by Gasteiger charge is -2.40. The van der Waals surface area contributed by atoms with Gasteiger partial charge in [-0.25, -0.2) is 0 Å². The standard InChI is InChI=1S/C22H34/c1-8-20(10-9-13(2)3)12-15-21-11-14(4)18(5,6)16(21)17-19(20,7)22(15,17)21/h11,13,15-17H,8-10,12H2,1-7H3. The van der Waals surface area contributed by atoms with Crippen LogP contribution in [0.4, 0.5) is 0 Å². The molecule has 7 atom stereocenters. The van der Waals surface area contributed by atoms with Crippen LogP contribution in [0.5, 0.6) is 0 Å². The summed E-state index contributed by atoms with van der Waals surface area (Å²) in [5.41, 5.74) is 5.01. The minimum Gasteiger partial charge on any atom is -0.0776 e. The fourth-order valence-corrected chi connectivity index (χ4v) is 9.29. The van der Waals surface area contributed by atoms with Crippen molar-refractivity contribution in [1.82, 2.24) is 0 Å². The van der Waals surface area contributed by atoms with Crippen molar-refractivity contribution in [1.29, 1.82) is 0 Å². The number of allylic oxidation sites excluding steroid dienone is 2. The van der Waals surface area contributed by atoms with E-state index in [1.54, 1.807) is 12.0 Å². The molecule has 0 radical (unpaired) electrons. The molecule has 0 N–H and O–H groups in total. The number of fused-ring (bicyclic) bond motifs is 2. The summed E-state index contributed by atoms with van der Waals surface area (Å²) < 4.78 is 0. The van der Waals surface area contributed by atoms with Gasteiger partial charge in [-0.1, -0.05) is 59.6 Å². The Bertz CT molecular complexity index is 610. The van der Waals surface area contributed by atoms with Gasteiger partial charge in [0.25, 0.3) is 0 Å². The smallest absolute Gasteiger partial charge is 0.00262 e. The molecule has 0 aliphatic heterocycles. The van der Waals surface area contributed by atoms with Gasteiger partial charge in [0.1, 0.15) is 0 Å². The Labute approximate surface area is 137 Å². The van der Waals surface area contributed by atoms with E-state index in [0.29, 0.717) is 21.7 Å². The Kier molecular flexibility index (Phi) is 2.10. The number of hydrogen-bond donors (Lipinski definition) is 0. The minimum atomic E-state index is 0.475. The van der Waals surface area contributed by atoms with E-state index >= 15 is 0 Å². The van der Waals surface area contributed by atoms with Crippen LogP contribution in [-0.2, 0) is 0 Å². The van der Waals surface area contributed by atoms with Gasteiger partial charge in [-0.15, -0.1) is 0 Å². The maximum Gasteiger partial charge on any atom is 0.00262 e. The van der Waals surface area contributed by atoms with Crippen LogP contribution in [0.15, 0.2) is 11.6 Å². The summed E-state index contributed by atoms with van der Waals surface area (Å²) in [6.07, 6.45) is 8.70. The molecular weight excluding hydrogens is 264 g/mol. The molecule has 0 heteroatoms. The van der Waals surface area contributed by atoms with Crippen LogP contribution < -0.4 is 0 Å². The van der Waals surface area contributed by atoms with Crippen LogP contribution in [-0.4, -0.2) is 0 Å². The molecule has 2 spiro atoms. The van der Waals surface area contributed by atoms with Crippen molar-refractivity contribution in [3.8, 4) is 0 Å². The zero-order chi connectivity index (χ0) is 15.9. The molecule has 5 rings (SSSR count). The van der Waals surface area contributed by atoms with E-state index in [0.717, 1.165) is 29.1 Å². The van der Waals surface area contributed by atoms with Gasteiger partial charge in [0.15, 0.2) is 0 Å².